The van der Waals surface area contributed by atoms with Gasteiger partial charge in [0.1, 0.15) is 5.84 Å². The third kappa shape index (κ3) is 6.81. The fourth-order valence-electron chi connectivity index (χ4n) is 4.97. The Morgan fingerprint density at radius 3 is 1.79 bits per heavy atom. The smallest absolute Gasteiger partial charge is 0.261 e. The fourth-order valence-corrected chi connectivity index (χ4v) is 4.97. The Morgan fingerprint density at radius 1 is 0.690 bits per heavy atom. The number of hydrogen-bond acceptors (Lipinski definition) is 5. The number of nitrogens with zero attached hydrogens (tertiary/aromatic N) is 1. The molecule has 2 N–H and O–H groups in total. The Hall–Kier alpha value is -4.62. The topological polar surface area (TPSA) is 91.7 Å². The average molecular weight is 584 g/mol. The number of imide groups is 1. The number of amidine groups is 1. The lowest BCUT2D eigenvalue weighted by Gasteiger charge is -2.14. The zero-order chi connectivity index (χ0) is 28.8. The minimum Gasteiger partial charge on any atom is -0.493 e. The van der Waals surface area contributed by atoms with Gasteiger partial charge in [-0.2, -0.15) is 0 Å². The van der Waals surface area contributed by atoms with Gasteiger partial charge in [-0.05, 0) is 65.8 Å². The summed E-state index contributed by atoms with van der Waals surface area (Å²) in [6.45, 7) is 0.904. The molecule has 7 nitrogen and oxygen atoms in total. The normalized spacial score (nSPS) is 12.0. The highest BCUT2D eigenvalue weighted by molar-refractivity contribution is 6.21. The van der Waals surface area contributed by atoms with E-state index in [4.69, 9.17) is 14.9 Å². The standard InChI is InChI=1S/C34H33N3O4.ClH/c1-40-30-18-15-25(21-31(30)41-2)19-20-36-32(35)27-16-13-24(14-17-27)8-7-23-9-11-26(12-10-23)22-37-33(38)28-5-3-4-6-29(28)34(37)39;/h3-6,9-18,21H,7-8,19-20,22H2,1-2H3,(H2,35,36);1H. The zero-order valence-electron chi connectivity index (χ0n) is 23.7. The molecule has 4 aromatic carbocycles. The van der Waals surface area contributed by atoms with E-state index in [0.717, 1.165) is 36.0 Å². The Balaban J connectivity index is 0.00000405. The Bertz CT molecular complexity index is 1530. The van der Waals surface area contributed by atoms with Crippen molar-refractivity contribution in [1.29, 1.82) is 5.41 Å². The second-order valence-corrected chi connectivity index (χ2v) is 10.00. The lowest BCUT2D eigenvalue weighted by molar-refractivity contribution is 0.0642. The van der Waals surface area contributed by atoms with Crippen molar-refractivity contribution in [2.75, 3.05) is 20.8 Å². The van der Waals surface area contributed by atoms with Crippen LogP contribution in [0.2, 0.25) is 0 Å². The Labute approximate surface area is 252 Å². The molecule has 1 heterocycles. The van der Waals surface area contributed by atoms with E-state index in [1.165, 1.54) is 16.0 Å². The minimum absolute atomic E-state index is 0. The second kappa shape index (κ2) is 13.8. The highest BCUT2D eigenvalue weighted by Gasteiger charge is 2.34. The summed E-state index contributed by atoms with van der Waals surface area (Å²) in [5.41, 5.74) is 6.20. The van der Waals surface area contributed by atoms with Gasteiger partial charge >= 0.3 is 0 Å². The first-order valence-corrected chi connectivity index (χ1v) is 13.6. The van der Waals surface area contributed by atoms with Crippen LogP contribution in [0.5, 0.6) is 11.5 Å². The van der Waals surface area contributed by atoms with Gasteiger partial charge in [-0.1, -0.05) is 66.7 Å². The molecule has 1 aliphatic heterocycles. The number of aryl methyl sites for hydroxylation is 2. The molecule has 216 valence electrons. The summed E-state index contributed by atoms with van der Waals surface area (Å²) in [7, 11) is 3.24. The van der Waals surface area contributed by atoms with E-state index in [1.807, 2.05) is 42.5 Å². The molecule has 4 aromatic rings. The first-order valence-electron chi connectivity index (χ1n) is 13.6. The van der Waals surface area contributed by atoms with Crippen LogP contribution in [0.3, 0.4) is 0 Å². The van der Waals surface area contributed by atoms with Crippen molar-refractivity contribution in [3.8, 4) is 11.5 Å². The van der Waals surface area contributed by atoms with Crippen LogP contribution in [0.1, 0.15) is 48.5 Å². The average Bonchev–Trinajstić information content (AvgIpc) is 3.25. The summed E-state index contributed by atoms with van der Waals surface area (Å²) in [4.78, 5) is 26.6. The molecular formula is C34H34ClN3O4. The number of methoxy groups -OCH3 is 2. The highest BCUT2D eigenvalue weighted by Crippen LogP contribution is 2.28. The predicted octanol–water partition coefficient (Wildman–Crippen LogP) is 5.86. The molecular weight excluding hydrogens is 550 g/mol. The van der Waals surface area contributed by atoms with Crippen molar-refractivity contribution in [3.63, 3.8) is 0 Å². The van der Waals surface area contributed by atoms with Crippen molar-refractivity contribution in [2.45, 2.75) is 25.8 Å². The molecule has 0 unspecified atom stereocenters. The number of carbonyl (C=O) groups is 2. The predicted molar refractivity (Wildman–Crippen MR) is 166 cm³/mol. The lowest BCUT2D eigenvalue weighted by Crippen LogP contribution is -2.29. The summed E-state index contributed by atoms with van der Waals surface area (Å²) in [6.07, 6.45) is 2.50. The molecule has 8 heteroatoms. The molecule has 0 saturated carbocycles. The van der Waals surface area contributed by atoms with Crippen molar-refractivity contribution in [3.05, 3.63) is 130 Å². The molecule has 2 amide bonds. The van der Waals surface area contributed by atoms with Gasteiger partial charge in [0.05, 0.1) is 31.9 Å². The summed E-state index contributed by atoms with van der Waals surface area (Å²) in [6, 6.07) is 29.0. The van der Waals surface area contributed by atoms with Crippen molar-refractivity contribution >= 4 is 30.1 Å². The summed E-state index contributed by atoms with van der Waals surface area (Å²) in [5.74, 6) is 1.32. The quantitative estimate of drug-likeness (QED) is 0.131. The number of halogens is 1. The van der Waals surface area contributed by atoms with Gasteiger partial charge in [-0.15, -0.1) is 12.4 Å². The van der Waals surface area contributed by atoms with E-state index in [-0.39, 0.29) is 30.8 Å². The monoisotopic (exact) mass is 583 g/mol. The molecule has 0 fully saturated rings. The number of carbonyl (C=O) groups excluding carboxylic acids is 2. The number of nitrogens with one attached hydrogen (secondary N) is 2. The molecule has 5 rings (SSSR count). The van der Waals surface area contributed by atoms with Crippen LogP contribution < -0.4 is 14.8 Å². The maximum atomic E-state index is 12.6. The van der Waals surface area contributed by atoms with Gasteiger partial charge in [0, 0.05) is 12.1 Å². The van der Waals surface area contributed by atoms with Crippen molar-refractivity contribution in [1.82, 2.24) is 10.2 Å². The van der Waals surface area contributed by atoms with Crippen LogP contribution in [0, 0.1) is 5.41 Å². The van der Waals surface area contributed by atoms with Gasteiger partial charge in [0.2, 0.25) is 0 Å². The first-order chi connectivity index (χ1) is 20.0. The van der Waals surface area contributed by atoms with E-state index in [2.05, 4.69) is 29.6 Å². The van der Waals surface area contributed by atoms with Crippen LogP contribution >= 0.6 is 12.4 Å². The van der Waals surface area contributed by atoms with Crippen LogP contribution in [0.4, 0.5) is 0 Å². The molecule has 0 saturated heterocycles. The van der Waals surface area contributed by atoms with Crippen LogP contribution in [0.15, 0.2) is 91.0 Å². The lowest BCUT2D eigenvalue weighted by atomic mass is 10.0. The number of ether oxygens (including phenoxy) is 2. The van der Waals surface area contributed by atoms with E-state index in [9.17, 15) is 9.59 Å². The fraction of sp³-hybridized carbons (Fsp3) is 0.206. The van der Waals surface area contributed by atoms with E-state index in [0.29, 0.717) is 35.0 Å². The van der Waals surface area contributed by atoms with Crippen LogP contribution in [-0.2, 0) is 25.8 Å². The molecule has 0 spiro atoms. The number of rotatable bonds is 11. The molecule has 0 aliphatic carbocycles. The molecule has 0 bridgehead atoms. The van der Waals surface area contributed by atoms with Crippen LogP contribution in [-0.4, -0.2) is 43.3 Å². The molecule has 0 atom stereocenters. The zero-order valence-corrected chi connectivity index (χ0v) is 24.5. The van der Waals surface area contributed by atoms with Crippen molar-refractivity contribution in [2.24, 2.45) is 0 Å². The molecule has 42 heavy (non-hydrogen) atoms. The van der Waals surface area contributed by atoms with Gasteiger partial charge in [-0.3, -0.25) is 19.9 Å². The Kier molecular flexibility index (Phi) is 9.99. The molecule has 1 aliphatic rings. The number of benzene rings is 4. The number of amides is 2. The second-order valence-electron chi connectivity index (χ2n) is 10.00. The largest absolute Gasteiger partial charge is 0.493 e. The van der Waals surface area contributed by atoms with E-state index in [1.54, 1.807) is 38.5 Å². The van der Waals surface area contributed by atoms with Gasteiger partial charge in [-0.25, -0.2) is 0 Å². The van der Waals surface area contributed by atoms with Gasteiger partial charge in [0.25, 0.3) is 11.8 Å². The number of hydrogen-bond donors (Lipinski definition) is 2. The maximum Gasteiger partial charge on any atom is 0.261 e. The maximum absolute atomic E-state index is 12.6. The Morgan fingerprint density at radius 2 is 1.21 bits per heavy atom. The minimum atomic E-state index is -0.237. The summed E-state index contributed by atoms with van der Waals surface area (Å²) < 4.78 is 10.7. The molecule has 0 radical (unpaired) electrons. The highest BCUT2D eigenvalue weighted by atomic mass is 35.5. The van der Waals surface area contributed by atoms with Gasteiger partial charge in [0.15, 0.2) is 11.5 Å². The van der Waals surface area contributed by atoms with E-state index >= 15 is 0 Å². The van der Waals surface area contributed by atoms with Gasteiger partial charge < -0.3 is 14.8 Å². The summed E-state index contributed by atoms with van der Waals surface area (Å²) in [5, 5.41) is 11.6. The first kappa shape index (κ1) is 30.3. The third-order valence-electron chi connectivity index (χ3n) is 7.35. The third-order valence-corrected chi connectivity index (χ3v) is 7.35. The SMILES string of the molecule is COc1ccc(CCNC(=N)c2ccc(CCc3ccc(CN4C(=O)c5ccccc5C4=O)cc3)cc2)cc1OC.Cl. The van der Waals surface area contributed by atoms with Crippen molar-refractivity contribution < 1.29 is 19.1 Å². The molecule has 0 aromatic heterocycles. The van der Waals surface area contributed by atoms with E-state index < -0.39 is 0 Å². The van der Waals surface area contributed by atoms with Crippen LogP contribution in [0.25, 0.3) is 0 Å². The summed E-state index contributed by atoms with van der Waals surface area (Å²) >= 11 is 0. The number of fused-ring (bicyclic) bond motifs is 1.